The Kier molecular flexibility index (Phi) is 2.80. The van der Waals surface area contributed by atoms with Gasteiger partial charge in [0.15, 0.2) is 0 Å². The Morgan fingerprint density at radius 1 is 1.28 bits per heavy atom. The van der Waals surface area contributed by atoms with E-state index < -0.39 is 0 Å². The first-order chi connectivity index (χ1) is 8.75. The third-order valence-electron chi connectivity index (χ3n) is 3.24. The van der Waals surface area contributed by atoms with Crippen molar-refractivity contribution in [3.8, 4) is 0 Å². The van der Waals surface area contributed by atoms with Crippen LogP contribution >= 0.6 is 11.3 Å². The van der Waals surface area contributed by atoms with Gasteiger partial charge < -0.3 is 11.1 Å². The van der Waals surface area contributed by atoms with Crippen molar-refractivity contribution < 1.29 is 4.79 Å². The highest BCUT2D eigenvalue weighted by Crippen LogP contribution is 2.40. The molecular weight excluding hydrogens is 244 g/mol. The van der Waals surface area contributed by atoms with Gasteiger partial charge in [-0.25, -0.2) is 0 Å². The molecule has 3 rings (SSSR count). The van der Waals surface area contributed by atoms with Gasteiger partial charge in [0.05, 0.1) is 5.69 Å². The largest absolute Gasteiger partial charge is 0.397 e. The predicted molar refractivity (Wildman–Crippen MR) is 73.8 cm³/mol. The Morgan fingerprint density at radius 3 is 2.72 bits per heavy atom. The standard InChI is InChI=1S/C14H14N2OS/c15-11-6-7-18-13(11)14(17)16-12-8-10(12)9-4-2-1-3-5-9/h1-7,10,12H,8,15H2,(H,16,17). The number of hydrogen-bond acceptors (Lipinski definition) is 3. The second-order valence-corrected chi connectivity index (χ2v) is 5.45. The fourth-order valence-corrected chi connectivity index (χ4v) is 2.88. The van der Waals surface area contributed by atoms with Crippen molar-refractivity contribution in [2.24, 2.45) is 0 Å². The molecule has 1 aliphatic rings. The molecular formula is C14H14N2OS. The van der Waals surface area contributed by atoms with Crippen molar-refractivity contribution in [2.75, 3.05) is 5.73 Å². The molecule has 3 nitrogen and oxygen atoms in total. The molecule has 2 unspecified atom stereocenters. The molecule has 0 radical (unpaired) electrons. The third-order valence-corrected chi connectivity index (χ3v) is 4.17. The van der Waals surface area contributed by atoms with Crippen LogP contribution in [0.5, 0.6) is 0 Å². The smallest absolute Gasteiger partial charge is 0.263 e. The van der Waals surface area contributed by atoms with Gasteiger partial charge in [-0.15, -0.1) is 11.3 Å². The molecule has 1 saturated carbocycles. The average molecular weight is 258 g/mol. The molecule has 0 saturated heterocycles. The second kappa shape index (κ2) is 4.46. The molecule has 0 bridgehead atoms. The van der Waals surface area contributed by atoms with E-state index in [9.17, 15) is 4.79 Å². The van der Waals surface area contributed by atoms with Crippen LogP contribution in [0, 0.1) is 0 Å². The fourth-order valence-electron chi connectivity index (χ4n) is 2.16. The van der Waals surface area contributed by atoms with Crippen molar-refractivity contribution in [2.45, 2.75) is 18.4 Å². The number of thiophene rings is 1. The van der Waals surface area contributed by atoms with Crippen molar-refractivity contribution in [1.82, 2.24) is 5.32 Å². The molecule has 1 heterocycles. The lowest BCUT2D eigenvalue weighted by atomic mass is 10.1. The maximum absolute atomic E-state index is 12.0. The van der Waals surface area contributed by atoms with Crippen molar-refractivity contribution in [3.05, 3.63) is 52.2 Å². The average Bonchev–Trinajstić information content (AvgIpc) is 3.01. The van der Waals surface area contributed by atoms with Gasteiger partial charge in [0.2, 0.25) is 0 Å². The summed E-state index contributed by atoms with van der Waals surface area (Å²) in [4.78, 5) is 12.6. The SMILES string of the molecule is Nc1ccsc1C(=O)NC1CC1c1ccccc1. The van der Waals surface area contributed by atoms with Crippen LogP contribution in [0.4, 0.5) is 5.69 Å². The van der Waals surface area contributed by atoms with Crippen LogP contribution in [-0.2, 0) is 0 Å². The summed E-state index contributed by atoms with van der Waals surface area (Å²) >= 11 is 1.39. The molecule has 1 aromatic carbocycles. The van der Waals surface area contributed by atoms with Gasteiger partial charge in [-0.2, -0.15) is 0 Å². The topological polar surface area (TPSA) is 55.1 Å². The first-order valence-electron chi connectivity index (χ1n) is 5.94. The summed E-state index contributed by atoms with van der Waals surface area (Å²) < 4.78 is 0. The van der Waals surface area contributed by atoms with Crippen LogP contribution in [-0.4, -0.2) is 11.9 Å². The molecule has 0 aliphatic heterocycles. The van der Waals surface area contributed by atoms with Crippen molar-refractivity contribution >= 4 is 22.9 Å². The van der Waals surface area contributed by atoms with Crippen molar-refractivity contribution in [1.29, 1.82) is 0 Å². The lowest BCUT2D eigenvalue weighted by molar-refractivity contribution is 0.0955. The maximum atomic E-state index is 12.0. The zero-order chi connectivity index (χ0) is 12.5. The van der Waals surface area contributed by atoms with E-state index >= 15 is 0 Å². The molecule has 0 spiro atoms. The van der Waals surface area contributed by atoms with Crippen LogP contribution in [0.25, 0.3) is 0 Å². The van der Waals surface area contributed by atoms with Crippen LogP contribution in [0.2, 0.25) is 0 Å². The zero-order valence-electron chi connectivity index (χ0n) is 9.80. The van der Waals surface area contributed by atoms with E-state index in [4.69, 9.17) is 5.73 Å². The normalized spacial score (nSPS) is 21.6. The number of nitrogens with one attached hydrogen (secondary N) is 1. The van der Waals surface area contributed by atoms with E-state index in [-0.39, 0.29) is 11.9 Å². The number of carbonyl (C=O) groups excluding carboxylic acids is 1. The fraction of sp³-hybridized carbons (Fsp3) is 0.214. The number of amides is 1. The Hall–Kier alpha value is -1.81. The lowest BCUT2D eigenvalue weighted by Gasteiger charge is -2.04. The van der Waals surface area contributed by atoms with E-state index in [0.29, 0.717) is 16.5 Å². The summed E-state index contributed by atoms with van der Waals surface area (Å²) in [6, 6.07) is 12.3. The summed E-state index contributed by atoms with van der Waals surface area (Å²) in [6.45, 7) is 0. The maximum Gasteiger partial charge on any atom is 0.263 e. The molecule has 1 aliphatic carbocycles. The highest BCUT2D eigenvalue weighted by molar-refractivity contribution is 7.12. The molecule has 1 fully saturated rings. The number of nitrogens with two attached hydrogens (primary N) is 1. The summed E-state index contributed by atoms with van der Waals surface area (Å²) in [5, 5.41) is 4.88. The summed E-state index contributed by atoms with van der Waals surface area (Å²) in [7, 11) is 0. The minimum absolute atomic E-state index is 0.0501. The van der Waals surface area contributed by atoms with Gasteiger partial charge in [-0.1, -0.05) is 30.3 Å². The molecule has 1 amide bonds. The zero-order valence-corrected chi connectivity index (χ0v) is 10.6. The minimum atomic E-state index is -0.0501. The number of anilines is 1. The van der Waals surface area contributed by atoms with Gasteiger partial charge in [-0.05, 0) is 23.4 Å². The summed E-state index contributed by atoms with van der Waals surface area (Å²) in [5.74, 6) is 0.405. The van der Waals surface area contributed by atoms with Crippen LogP contribution in [0.15, 0.2) is 41.8 Å². The van der Waals surface area contributed by atoms with Crippen LogP contribution in [0.1, 0.15) is 27.6 Å². The Labute approximate surface area is 110 Å². The predicted octanol–water partition coefficient (Wildman–Crippen LogP) is 2.62. The van der Waals surface area contributed by atoms with Crippen LogP contribution < -0.4 is 11.1 Å². The van der Waals surface area contributed by atoms with Gasteiger partial charge in [0.1, 0.15) is 4.88 Å². The Balaban J connectivity index is 1.64. The first-order valence-corrected chi connectivity index (χ1v) is 6.82. The first kappa shape index (κ1) is 11.3. The van der Waals surface area contributed by atoms with Crippen molar-refractivity contribution in [3.63, 3.8) is 0 Å². The molecule has 1 aromatic heterocycles. The molecule has 3 N–H and O–H groups in total. The number of rotatable bonds is 3. The summed E-state index contributed by atoms with van der Waals surface area (Å²) in [6.07, 6.45) is 1.01. The minimum Gasteiger partial charge on any atom is -0.397 e. The molecule has 18 heavy (non-hydrogen) atoms. The van der Waals surface area contributed by atoms with E-state index in [1.165, 1.54) is 16.9 Å². The highest BCUT2D eigenvalue weighted by Gasteiger charge is 2.39. The molecule has 2 atom stereocenters. The number of benzene rings is 1. The molecule has 92 valence electrons. The van der Waals surface area contributed by atoms with E-state index in [2.05, 4.69) is 17.4 Å². The van der Waals surface area contributed by atoms with E-state index in [1.807, 2.05) is 23.6 Å². The lowest BCUT2D eigenvalue weighted by Crippen LogP contribution is -2.26. The van der Waals surface area contributed by atoms with Gasteiger partial charge in [0.25, 0.3) is 5.91 Å². The second-order valence-electron chi connectivity index (χ2n) is 4.54. The van der Waals surface area contributed by atoms with Gasteiger partial charge in [-0.3, -0.25) is 4.79 Å². The Morgan fingerprint density at radius 2 is 2.06 bits per heavy atom. The quantitative estimate of drug-likeness (QED) is 0.889. The third kappa shape index (κ3) is 2.11. The number of carbonyl (C=O) groups is 1. The molecule has 4 heteroatoms. The van der Waals surface area contributed by atoms with E-state index in [0.717, 1.165) is 6.42 Å². The number of hydrogen-bond donors (Lipinski definition) is 2. The van der Waals surface area contributed by atoms with Gasteiger partial charge >= 0.3 is 0 Å². The number of nitrogen functional groups attached to an aromatic ring is 1. The molecule has 2 aromatic rings. The Bertz CT molecular complexity index is 564. The monoisotopic (exact) mass is 258 g/mol. The highest BCUT2D eigenvalue weighted by atomic mass is 32.1. The van der Waals surface area contributed by atoms with Crippen LogP contribution in [0.3, 0.4) is 0 Å². The van der Waals surface area contributed by atoms with E-state index in [1.54, 1.807) is 6.07 Å². The van der Waals surface area contributed by atoms with Gasteiger partial charge in [0, 0.05) is 12.0 Å². The summed E-state index contributed by atoms with van der Waals surface area (Å²) in [5.41, 5.74) is 7.59.